The van der Waals surface area contributed by atoms with Crippen molar-refractivity contribution in [3.8, 4) is 5.75 Å². The van der Waals surface area contributed by atoms with Crippen LogP contribution in [0.1, 0.15) is 30.1 Å². The van der Waals surface area contributed by atoms with Crippen LogP contribution in [0.3, 0.4) is 0 Å². The van der Waals surface area contributed by atoms with E-state index in [0.29, 0.717) is 30.8 Å². The third kappa shape index (κ3) is 4.45. The lowest BCUT2D eigenvalue weighted by molar-refractivity contribution is -0.122. The van der Waals surface area contributed by atoms with E-state index in [2.05, 4.69) is 11.9 Å². The average Bonchev–Trinajstić information content (AvgIpc) is 2.53. The minimum Gasteiger partial charge on any atom is -0.488 e. The van der Waals surface area contributed by atoms with Crippen molar-refractivity contribution in [1.29, 1.82) is 0 Å². The van der Waals surface area contributed by atoms with Gasteiger partial charge in [-0.2, -0.15) is 0 Å². The monoisotopic (exact) mass is 314 g/mol. The van der Waals surface area contributed by atoms with Gasteiger partial charge in [0.25, 0.3) is 5.91 Å². The number of nitrogens with two attached hydrogens (primary N) is 1. The SMILES string of the molecule is C=C(C)COc1ccccc1C(=O)N[C@H]1CC=CC[C@H]1C(N)=O. The third-order valence-electron chi connectivity index (χ3n) is 3.72. The van der Waals surface area contributed by atoms with Crippen molar-refractivity contribution < 1.29 is 14.3 Å². The first-order valence-electron chi connectivity index (χ1n) is 7.60. The molecule has 1 aliphatic carbocycles. The Morgan fingerprint density at radius 1 is 1.30 bits per heavy atom. The second kappa shape index (κ2) is 7.63. The number of allylic oxidation sites excluding steroid dienone is 1. The fraction of sp³-hybridized carbons (Fsp3) is 0.333. The summed E-state index contributed by atoms with van der Waals surface area (Å²) in [5, 5.41) is 2.90. The number of nitrogens with one attached hydrogen (secondary N) is 1. The first kappa shape index (κ1) is 16.8. The van der Waals surface area contributed by atoms with Crippen LogP contribution in [0.15, 0.2) is 48.6 Å². The molecule has 1 aromatic carbocycles. The maximum atomic E-state index is 12.6. The second-order valence-corrected chi connectivity index (χ2v) is 5.77. The van der Waals surface area contributed by atoms with E-state index in [9.17, 15) is 9.59 Å². The molecular formula is C18H22N2O3. The zero-order valence-electron chi connectivity index (χ0n) is 13.2. The summed E-state index contributed by atoms with van der Waals surface area (Å²) in [6.45, 7) is 5.99. The molecule has 2 rings (SSSR count). The van der Waals surface area contributed by atoms with Crippen molar-refractivity contribution in [3.63, 3.8) is 0 Å². The van der Waals surface area contributed by atoms with Crippen molar-refractivity contribution >= 4 is 11.8 Å². The van der Waals surface area contributed by atoms with Gasteiger partial charge in [0.05, 0.1) is 11.5 Å². The Hall–Kier alpha value is -2.56. The Labute approximate surface area is 136 Å². The van der Waals surface area contributed by atoms with Crippen LogP contribution in [0, 0.1) is 5.92 Å². The molecule has 1 aromatic rings. The molecule has 5 heteroatoms. The van der Waals surface area contributed by atoms with Gasteiger partial charge in [0.1, 0.15) is 12.4 Å². The quantitative estimate of drug-likeness (QED) is 0.790. The number of para-hydroxylation sites is 1. The largest absolute Gasteiger partial charge is 0.488 e. The van der Waals surface area contributed by atoms with Crippen molar-refractivity contribution in [2.24, 2.45) is 11.7 Å². The molecule has 5 nitrogen and oxygen atoms in total. The summed E-state index contributed by atoms with van der Waals surface area (Å²) >= 11 is 0. The van der Waals surface area contributed by atoms with E-state index in [1.807, 2.05) is 19.1 Å². The maximum Gasteiger partial charge on any atom is 0.255 e. The normalized spacial score (nSPS) is 19.9. The first-order chi connectivity index (χ1) is 11.0. The van der Waals surface area contributed by atoms with E-state index >= 15 is 0 Å². The van der Waals surface area contributed by atoms with E-state index in [-0.39, 0.29) is 17.9 Å². The van der Waals surface area contributed by atoms with Crippen LogP contribution in [-0.2, 0) is 4.79 Å². The highest BCUT2D eigenvalue weighted by molar-refractivity contribution is 5.97. The van der Waals surface area contributed by atoms with Gasteiger partial charge in [0, 0.05) is 6.04 Å². The molecule has 0 aromatic heterocycles. The Balaban J connectivity index is 2.12. The number of amides is 2. The molecule has 0 bridgehead atoms. The lowest BCUT2D eigenvalue weighted by Gasteiger charge is -2.27. The number of carbonyl (C=O) groups is 2. The van der Waals surface area contributed by atoms with E-state index in [1.54, 1.807) is 24.3 Å². The number of carbonyl (C=O) groups excluding carboxylic acids is 2. The molecule has 0 saturated heterocycles. The number of primary amides is 1. The number of hydrogen-bond donors (Lipinski definition) is 2. The fourth-order valence-electron chi connectivity index (χ4n) is 2.52. The molecule has 2 amide bonds. The Bertz CT molecular complexity index is 637. The summed E-state index contributed by atoms with van der Waals surface area (Å²) in [5.41, 5.74) is 6.73. The van der Waals surface area contributed by atoms with Crippen LogP contribution in [0.5, 0.6) is 5.75 Å². The Morgan fingerprint density at radius 3 is 2.70 bits per heavy atom. The van der Waals surface area contributed by atoms with E-state index < -0.39 is 5.91 Å². The molecule has 122 valence electrons. The minimum absolute atomic E-state index is 0.270. The Kier molecular flexibility index (Phi) is 5.57. The van der Waals surface area contributed by atoms with Crippen molar-refractivity contribution in [2.75, 3.05) is 6.61 Å². The van der Waals surface area contributed by atoms with Gasteiger partial charge >= 0.3 is 0 Å². The number of benzene rings is 1. The van der Waals surface area contributed by atoms with Gasteiger partial charge in [-0.05, 0) is 37.5 Å². The Morgan fingerprint density at radius 2 is 2.00 bits per heavy atom. The second-order valence-electron chi connectivity index (χ2n) is 5.77. The third-order valence-corrected chi connectivity index (χ3v) is 3.72. The van der Waals surface area contributed by atoms with E-state index in [1.165, 1.54) is 0 Å². The number of rotatable bonds is 6. The summed E-state index contributed by atoms with van der Waals surface area (Å²) in [7, 11) is 0. The van der Waals surface area contributed by atoms with Gasteiger partial charge in [-0.3, -0.25) is 9.59 Å². The molecule has 0 fully saturated rings. The van der Waals surface area contributed by atoms with Crippen molar-refractivity contribution in [2.45, 2.75) is 25.8 Å². The molecule has 0 aliphatic heterocycles. The van der Waals surface area contributed by atoms with Crippen molar-refractivity contribution in [1.82, 2.24) is 5.32 Å². The van der Waals surface area contributed by atoms with Gasteiger partial charge in [-0.15, -0.1) is 0 Å². The highest BCUT2D eigenvalue weighted by Gasteiger charge is 2.29. The van der Waals surface area contributed by atoms with Crippen molar-refractivity contribution in [3.05, 3.63) is 54.1 Å². The molecule has 3 N–H and O–H groups in total. The summed E-state index contributed by atoms with van der Waals surface area (Å²) < 4.78 is 5.62. The molecular weight excluding hydrogens is 292 g/mol. The van der Waals surface area contributed by atoms with Crippen LogP contribution >= 0.6 is 0 Å². The maximum absolute atomic E-state index is 12.6. The van der Waals surface area contributed by atoms with Gasteiger partial charge in [0.2, 0.25) is 5.91 Å². The van der Waals surface area contributed by atoms with Crippen LogP contribution in [0.4, 0.5) is 0 Å². The molecule has 0 heterocycles. The zero-order valence-corrected chi connectivity index (χ0v) is 13.2. The van der Waals surface area contributed by atoms with Crippen LogP contribution in [0.2, 0.25) is 0 Å². The molecule has 0 radical (unpaired) electrons. The minimum atomic E-state index is -0.397. The first-order valence-corrected chi connectivity index (χ1v) is 7.60. The number of hydrogen-bond acceptors (Lipinski definition) is 3. The van der Waals surface area contributed by atoms with Crippen LogP contribution < -0.4 is 15.8 Å². The summed E-state index contributed by atoms with van der Waals surface area (Å²) in [5.74, 6) is -0.553. The molecule has 0 saturated carbocycles. The number of ether oxygens (including phenoxy) is 1. The van der Waals surface area contributed by atoms with Gasteiger partial charge < -0.3 is 15.8 Å². The lowest BCUT2D eigenvalue weighted by atomic mass is 9.88. The summed E-state index contributed by atoms with van der Waals surface area (Å²) in [6, 6.07) is 6.72. The highest BCUT2D eigenvalue weighted by Crippen LogP contribution is 2.22. The topological polar surface area (TPSA) is 81.4 Å². The van der Waals surface area contributed by atoms with E-state index in [4.69, 9.17) is 10.5 Å². The molecule has 0 spiro atoms. The molecule has 1 aliphatic rings. The lowest BCUT2D eigenvalue weighted by Crippen LogP contribution is -2.46. The standard InChI is InChI=1S/C18H22N2O3/c1-12(2)11-23-16-10-6-4-8-14(16)18(22)20-15-9-5-3-7-13(15)17(19)21/h3-6,8,10,13,15H,1,7,9,11H2,2H3,(H2,19,21)(H,20,22)/t13-,15+/m1/s1. The summed E-state index contributed by atoms with van der Waals surface area (Å²) in [4.78, 5) is 24.1. The average molecular weight is 314 g/mol. The van der Waals surface area contributed by atoms with Gasteiger partial charge in [-0.1, -0.05) is 30.9 Å². The fourth-order valence-corrected chi connectivity index (χ4v) is 2.52. The van der Waals surface area contributed by atoms with Gasteiger partial charge in [0.15, 0.2) is 0 Å². The highest BCUT2D eigenvalue weighted by atomic mass is 16.5. The van der Waals surface area contributed by atoms with Gasteiger partial charge in [-0.25, -0.2) is 0 Å². The molecule has 2 atom stereocenters. The molecule has 23 heavy (non-hydrogen) atoms. The predicted octanol–water partition coefficient (Wildman–Crippen LogP) is 2.19. The molecule has 0 unspecified atom stereocenters. The van der Waals surface area contributed by atoms with Crippen LogP contribution in [0.25, 0.3) is 0 Å². The smallest absolute Gasteiger partial charge is 0.255 e. The predicted molar refractivity (Wildman–Crippen MR) is 89.1 cm³/mol. The van der Waals surface area contributed by atoms with E-state index in [0.717, 1.165) is 5.57 Å². The summed E-state index contributed by atoms with van der Waals surface area (Å²) in [6.07, 6.45) is 5.01. The van der Waals surface area contributed by atoms with Crippen LogP contribution in [-0.4, -0.2) is 24.5 Å². The zero-order chi connectivity index (χ0) is 16.8.